The van der Waals surface area contributed by atoms with E-state index in [2.05, 4.69) is 5.32 Å². The van der Waals surface area contributed by atoms with Gasteiger partial charge in [0.05, 0.1) is 0 Å². The van der Waals surface area contributed by atoms with Crippen LogP contribution >= 0.6 is 0 Å². The predicted octanol–water partition coefficient (Wildman–Crippen LogP) is 2.00. The van der Waals surface area contributed by atoms with Gasteiger partial charge in [-0.3, -0.25) is 0 Å². The van der Waals surface area contributed by atoms with Gasteiger partial charge in [0.1, 0.15) is 11.6 Å². The minimum Gasteiger partial charge on any atom is -0.396 e. The molecule has 0 spiro atoms. The molecule has 2 nitrogen and oxygen atoms in total. The van der Waals surface area contributed by atoms with E-state index >= 15 is 0 Å². The van der Waals surface area contributed by atoms with Crippen molar-refractivity contribution >= 4 is 0 Å². The monoisotopic (exact) mass is 227 g/mol. The Balaban J connectivity index is 2.16. The predicted molar refractivity (Wildman–Crippen MR) is 56.9 cm³/mol. The highest BCUT2D eigenvalue weighted by atomic mass is 19.1. The number of benzene rings is 1. The smallest absolute Gasteiger partial charge is 0.126 e. The SMILES string of the molecule is OCC1CCNC(c2cc(F)cc(F)c2)C1. The first-order valence-electron chi connectivity index (χ1n) is 5.49. The molecule has 16 heavy (non-hydrogen) atoms. The van der Waals surface area contributed by atoms with Gasteiger partial charge >= 0.3 is 0 Å². The highest BCUT2D eigenvalue weighted by Gasteiger charge is 2.22. The van der Waals surface area contributed by atoms with Crippen LogP contribution in [0.15, 0.2) is 18.2 Å². The molecule has 2 N–H and O–H groups in total. The van der Waals surface area contributed by atoms with Crippen molar-refractivity contribution < 1.29 is 13.9 Å². The van der Waals surface area contributed by atoms with Crippen molar-refractivity contribution in [2.45, 2.75) is 18.9 Å². The van der Waals surface area contributed by atoms with Crippen molar-refractivity contribution in [3.05, 3.63) is 35.4 Å². The Morgan fingerprint density at radius 2 is 1.94 bits per heavy atom. The molecule has 2 unspecified atom stereocenters. The van der Waals surface area contributed by atoms with Crippen molar-refractivity contribution in [2.24, 2.45) is 5.92 Å². The van der Waals surface area contributed by atoms with Crippen LogP contribution in [0.5, 0.6) is 0 Å². The second-order valence-electron chi connectivity index (χ2n) is 4.28. The minimum atomic E-state index is -0.553. The Labute approximate surface area is 93.3 Å². The number of rotatable bonds is 2. The van der Waals surface area contributed by atoms with E-state index in [-0.39, 0.29) is 18.6 Å². The molecule has 0 saturated carbocycles. The van der Waals surface area contributed by atoms with Gasteiger partial charge in [0, 0.05) is 18.7 Å². The Morgan fingerprint density at radius 1 is 1.25 bits per heavy atom. The Hall–Kier alpha value is -1.00. The molecule has 1 aromatic rings. The average molecular weight is 227 g/mol. The summed E-state index contributed by atoms with van der Waals surface area (Å²) in [5.74, 6) is -0.886. The fraction of sp³-hybridized carbons (Fsp3) is 0.500. The van der Waals surface area contributed by atoms with Crippen LogP contribution in [0.1, 0.15) is 24.4 Å². The molecular formula is C12H15F2NO. The highest BCUT2D eigenvalue weighted by molar-refractivity contribution is 5.22. The summed E-state index contributed by atoms with van der Waals surface area (Å²) in [4.78, 5) is 0. The second kappa shape index (κ2) is 4.89. The number of hydrogen-bond donors (Lipinski definition) is 2. The van der Waals surface area contributed by atoms with Gasteiger partial charge in [-0.2, -0.15) is 0 Å². The summed E-state index contributed by atoms with van der Waals surface area (Å²) in [5.41, 5.74) is 0.621. The van der Waals surface area contributed by atoms with E-state index in [9.17, 15) is 8.78 Å². The lowest BCUT2D eigenvalue weighted by atomic mass is 9.89. The molecule has 0 radical (unpaired) electrons. The van der Waals surface area contributed by atoms with Gasteiger partial charge in [0.15, 0.2) is 0 Å². The van der Waals surface area contributed by atoms with Crippen molar-refractivity contribution in [2.75, 3.05) is 13.2 Å². The van der Waals surface area contributed by atoms with E-state index in [1.54, 1.807) is 0 Å². The molecular weight excluding hydrogens is 212 g/mol. The summed E-state index contributed by atoms with van der Waals surface area (Å²) in [5, 5.41) is 12.3. The molecule has 4 heteroatoms. The topological polar surface area (TPSA) is 32.3 Å². The molecule has 2 atom stereocenters. The third-order valence-electron chi connectivity index (χ3n) is 3.06. The molecule has 1 fully saturated rings. The lowest BCUT2D eigenvalue weighted by Crippen LogP contribution is -2.33. The summed E-state index contributed by atoms with van der Waals surface area (Å²) in [6, 6.07) is 3.51. The van der Waals surface area contributed by atoms with E-state index in [4.69, 9.17) is 5.11 Å². The van der Waals surface area contributed by atoms with Crippen LogP contribution < -0.4 is 5.32 Å². The number of hydrogen-bond acceptors (Lipinski definition) is 2. The van der Waals surface area contributed by atoms with Gasteiger partial charge in [-0.1, -0.05) is 0 Å². The van der Waals surface area contributed by atoms with Gasteiger partial charge in [-0.15, -0.1) is 0 Å². The molecule has 1 saturated heterocycles. The van der Waals surface area contributed by atoms with Gasteiger partial charge in [0.2, 0.25) is 0 Å². The number of halogens is 2. The Morgan fingerprint density at radius 3 is 2.56 bits per heavy atom. The van der Waals surface area contributed by atoms with Gasteiger partial charge in [0.25, 0.3) is 0 Å². The lowest BCUT2D eigenvalue weighted by molar-refractivity contribution is 0.176. The summed E-state index contributed by atoms with van der Waals surface area (Å²) < 4.78 is 26.1. The van der Waals surface area contributed by atoms with Crippen LogP contribution in [0.3, 0.4) is 0 Å². The van der Waals surface area contributed by atoms with E-state index in [0.29, 0.717) is 5.56 Å². The average Bonchev–Trinajstić information content (AvgIpc) is 2.28. The normalized spacial score (nSPS) is 25.7. The van der Waals surface area contributed by atoms with Crippen molar-refractivity contribution in [1.82, 2.24) is 5.32 Å². The Kier molecular flexibility index (Phi) is 3.51. The third kappa shape index (κ3) is 2.57. The maximum Gasteiger partial charge on any atom is 0.126 e. The molecule has 2 rings (SSSR count). The van der Waals surface area contributed by atoms with Crippen LogP contribution in [0.25, 0.3) is 0 Å². The van der Waals surface area contributed by atoms with Crippen LogP contribution in [0.2, 0.25) is 0 Å². The molecule has 1 heterocycles. The molecule has 0 amide bonds. The standard InChI is InChI=1S/C12H15F2NO/c13-10-4-9(5-11(14)6-10)12-3-8(7-16)1-2-15-12/h4-6,8,12,15-16H,1-3,7H2. The third-order valence-corrected chi connectivity index (χ3v) is 3.06. The molecule has 0 aliphatic carbocycles. The molecule has 1 aliphatic heterocycles. The maximum atomic E-state index is 13.0. The molecule has 88 valence electrons. The summed E-state index contributed by atoms with van der Waals surface area (Å²) in [7, 11) is 0. The minimum absolute atomic E-state index is 0.0592. The van der Waals surface area contributed by atoms with E-state index in [1.807, 2.05) is 0 Å². The summed E-state index contributed by atoms with van der Waals surface area (Å²) in [6.07, 6.45) is 1.63. The van der Waals surface area contributed by atoms with E-state index in [1.165, 1.54) is 12.1 Å². The first-order valence-corrected chi connectivity index (χ1v) is 5.49. The van der Waals surface area contributed by atoms with Crippen LogP contribution in [0, 0.1) is 17.6 Å². The zero-order chi connectivity index (χ0) is 11.5. The number of aliphatic hydroxyl groups excluding tert-OH is 1. The number of piperidine rings is 1. The largest absolute Gasteiger partial charge is 0.396 e. The highest BCUT2D eigenvalue weighted by Crippen LogP contribution is 2.27. The van der Waals surface area contributed by atoms with Crippen LogP contribution in [-0.2, 0) is 0 Å². The summed E-state index contributed by atoms with van der Waals surface area (Å²) in [6.45, 7) is 0.907. The van der Waals surface area contributed by atoms with E-state index in [0.717, 1.165) is 25.5 Å². The van der Waals surface area contributed by atoms with Crippen molar-refractivity contribution in [3.63, 3.8) is 0 Å². The first kappa shape index (κ1) is 11.5. The van der Waals surface area contributed by atoms with Gasteiger partial charge < -0.3 is 10.4 Å². The van der Waals surface area contributed by atoms with Crippen molar-refractivity contribution in [3.8, 4) is 0 Å². The van der Waals surface area contributed by atoms with Crippen LogP contribution in [-0.4, -0.2) is 18.3 Å². The Bertz CT molecular complexity index is 350. The fourth-order valence-electron chi connectivity index (χ4n) is 2.19. The van der Waals surface area contributed by atoms with E-state index < -0.39 is 11.6 Å². The molecule has 0 aromatic heterocycles. The first-order chi connectivity index (χ1) is 7.69. The zero-order valence-corrected chi connectivity index (χ0v) is 8.92. The lowest BCUT2D eigenvalue weighted by Gasteiger charge is -2.29. The maximum absolute atomic E-state index is 13.0. The van der Waals surface area contributed by atoms with Crippen LogP contribution in [0.4, 0.5) is 8.78 Å². The number of nitrogens with one attached hydrogen (secondary N) is 1. The molecule has 0 bridgehead atoms. The van der Waals surface area contributed by atoms with Gasteiger partial charge in [-0.05, 0) is 43.0 Å². The summed E-state index contributed by atoms with van der Waals surface area (Å²) >= 11 is 0. The van der Waals surface area contributed by atoms with Crippen molar-refractivity contribution in [1.29, 1.82) is 0 Å². The second-order valence-corrected chi connectivity index (χ2v) is 4.28. The molecule has 1 aliphatic rings. The quantitative estimate of drug-likeness (QED) is 0.810. The molecule has 1 aromatic carbocycles. The zero-order valence-electron chi connectivity index (χ0n) is 8.92. The fourth-order valence-corrected chi connectivity index (χ4v) is 2.19. The number of aliphatic hydroxyl groups is 1. The van der Waals surface area contributed by atoms with Gasteiger partial charge in [-0.25, -0.2) is 8.78 Å².